The van der Waals surface area contributed by atoms with Gasteiger partial charge in [0.05, 0.1) is 27.7 Å². The largest absolute Gasteiger partial charge is 0.756 e. The molecular formula is C72H122NO8P. The molecule has 0 aromatic heterocycles. The predicted octanol–water partition coefficient (Wildman–Crippen LogP) is 20.6. The maximum Gasteiger partial charge on any atom is 0.306 e. The van der Waals surface area contributed by atoms with Crippen LogP contribution in [0.2, 0.25) is 0 Å². The van der Waals surface area contributed by atoms with Gasteiger partial charge in [-0.05, 0) is 116 Å². The second-order valence-electron chi connectivity index (χ2n) is 22.7. The predicted molar refractivity (Wildman–Crippen MR) is 351 cm³/mol. The molecule has 0 aliphatic carbocycles. The summed E-state index contributed by atoms with van der Waals surface area (Å²) in [6.45, 7) is 4.11. The van der Waals surface area contributed by atoms with Gasteiger partial charge in [0.2, 0.25) is 0 Å². The van der Waals surface area contributed by atoms with E-state index in [9.17, 15) is 19.0 Å². The third-order valence-corrected chi connectivity index (χ3v) is 14.6. The van der Waals surface area contributed by atoms with Crippen molar-refractivity contribution in [2.24, 2.45) is 0 Å². The van der Waals surface area contributed by atoms with Gasteiger partial charge in [-0.2, -0.15) is 0 Å². The third kappa shape index (κ3) is 65.3. The van der Waals surface area contributed by atoms with E-state index in [0.29, 0.717) is 17.4 Å². The molecule has 0 saturated heterocycles. The second-order valence-corrected chi connectivity index (χ2v) is 24.2. The molecule has 2 atom stereocenters. The summed E-state index contributed by atoms with van der Waals surface area (Å²) < 4.78 is 34.2. The Balaban J connectivity index is 4.09. The van der Waals surface area contributed by atoms with E-state index in [4.69, 9.17) is 18.5 Å². The molecule has 0 heterocycles. The number of ether oxygens (including phenoxy) is 2. The van der Waals surface area contributed by atoms with Crippen molar-refractivity contribution in [1.82, 2.24) is 0 Å². The Bertz CT molecular complexity index is 1850. The molecule has 0 aromatic rings. The van der Waals surface area contributed by atoms with E-state index in [0.717, 1.165) is 122 Å². The lowest BCUT2D eigenvalue weighted by Crippen LogP contribution is -2.37. The highest BCUT2D eigenvalue weighted by atomic mass is 31.2. The monoisotopic (exact) mass is 1160 g/mol. The van der Waals surface area contributed by atoms with Crippen molar-refractivity contribution in [3.05, 3.63) is 134 Å². The van der Waals surface area contributed by atoms with Gasteiger partial charge in [0.25, 0.3) is 7.82 Å². The highest BCUT2D eigenvalue weighted by molar-refractivity contribution is 7.45. The lowest BCUT2D eigenvalue weighted by molar-refractivity contribution is -0.870. The number of phosphoric acid groups is 1. The fourth-order valence-electron chi connectivity index (χ4n) is 8.62. The zero-order valence-corrected chi connectivity index (χ0v) is 54.0. The number of quaternary nitrogens is 1. The van der Waals surface area contributed by atoms with E-state index in [2.05, 4.69) is 148 Å². The fraction of sp³-hybridized carbons (Fsp3) is 0.667. The van der Waals surface area contributed by atoms with E-state index < -0.39 is 32.5 Å². The molecule has 0 bridgehead atoms. The number of phosphoric ester groups is 1. The Morgan fingerprint density at radius 2 is 0.695 bits per heavy atom. The number of likely N-dealkylation sites (N-methyl/N-ethyl adjacent to an activating group) is 1. The average Bonchev–Trinajstić information content (AvgIpc) is 3.45. The van der Waals surface area contributed by atoms with E-state index in [-0.39, 0.29) is 26.1 Å². The summed E-state index contributed by atoms with van der Waals surface area (Å²) in [7, 11) is 1.15. The molecule has 468 valence electrons. The summed E-state index contributed by atoms with van der Waals surface area (Å²) in [5, 5.41) is 0. The molecule has 0 N–H and O–H groups in total. The molecule has 9 nitrogen and oxygen atoms in total. The van der Waals surface area contributed by atoms with Crippen LogP contribution in [0.3, 0.4) is 0 Å². The van der Waals surface area contributed by atoms with Crippen molar-refractivity contribution < 1.29 is 42.1 Å². The number of esters is 2. The maximum absolute atomic E-state index is 12.8. The second kappa shape index (κ2) is 61.7. The lowest BCUT2D eigenvalue weighted by atomic mass is 10.0. The van der Waals surface area contributed by atoms with Crippen LogP contribution in [0.4, 0.5) is 0 Å². The minimum absolute atomic E-state index is 0.0375. The molecular weight excluding hydrogens is 1040 g/mol. The van der Waals surface area contributed by atoms with Crippen LogP contribution in [-0.2, 0) is 32.7 Å². The summed E-state index contributed by atoms with van der Waals surface area (Å²) in [5.74, 6) is -0.846. The SMILES string of the molecule is CC/C=C\C/C=C\C/C=C\C/C=C\C/C=C\C/C=C\C/C=C\C/C=C\C/C=C\C/C=C\CCCCCCCCCCCCC(=O)OC(COC(=O)CCCCCCCCC/C=C\CCCCCCCC)COP(=O)([O-])OCC[N+](C)(C)C. The fourth-order valence-corrected chi connectivity index (χ4v) is 9.35. The van der Waals surface area contributed by atoms with Gasteiger partial charge in [0.1, 0.15) is 19.8 Å². The molecule has 0 aliphatic rings. The van der Waals surface area contributed by atoms with Crippen LogP contribution in [0.1, 0.15) is 258 Å². The van der Waals surface area contributed by atoms with Gasteiger partial charge < -0.3 is 27.9 Å². The van der Waals surface area contributed by atoms with Crippen LogP contribution in [-0.4, -0.2) is 70.0 Å². The summed E-state index contributed by atoms with van der Waals surface area (Å²) in [6.07, 6.45) is 89.4. The smallest absolute Gasteiger partial charge is 0.306 e. The number of nitrogens with zero attached hydrogens (tertiary/aromatic N) is 1. The molecule has 0 fully saturated rings. The zero-order valence-electron chi connectivity index (χ0n) is 53.1. The molecule has 2 unspecified atom stereocenters. The van der Waals surface area contributed by atoms with Crippen molar-refractivity contribution in [1.29, 1.82) is 0 Å². The van der Waals surface area contributed by atoms with Crippen molar-refractivity contribution in [2.45, 2.75) is 264 Å². The van der Waals surface area contributed by atoms with Gasteiger partial charge >= 0.3 is 11.9 Å². The minimum Gasteiger partial charge on any atom is -0.756 e. The van der Waals surface area contributed by atoms with Gasteiger partial charge in [0, 0.05) is 12.8 Å². The van der Waals surface area contributed by atoms with E-state index in [1.165, 1.54) is 103 Å². The van der Waals surface area contributed by atoms with Gasteiger partial charge in [-0.25, -0.2) is 0 Å². The number of carbonyl (C=O) groups excluding carboxylic acids is 2. The third-order valence-electron chi connectivity index (χ3n) is 13.7. The summed E-state index contributed by atoms with van der Waals surface area (Å²) in [5.41, 5.74) is 0. The van der Waals surface area contributed by atoms with Crippen LogP contribution in [0, 0.1) is 0 Å². The Labute approximate surface area is 504 Å². The van der Waals surface area contributed by atoms with E-state index in [1.54, 1.807) is 0 Å². The molecule has 0 spiro atoms. The van der Waals surface area contributed by atoms with E-state index >= 15 is 0 Å². The quantitative estimate of drug-likeness (QED) is 0.0195. The van der Waals surface area contributed by atoms with Crippen LogP contribution in [0.15, 0.2) is 134 Å². The first-order valence-electron chi connectivity index (χ1n) is 32.9. The number of allylic oxidation sites excluding steroid dienone is 22. The lowest BCUT2D eigenvalue weighted by Gasteiger charge is -2.28. The molecule has 0 aromatic carbocycles. The topological polar surface area (TPSA) is 111 Å². The average molecular weight is 1160 g/mol. The first-order valence-corrected chi connectivity index (χ1v) is 34.4. The first-order chi connectivity index (χ1) is 40.0. The Hall–Kier alpha value is -3.85. The normalized spacial score (nSPS) is 14.1. The number of unbranched alkanes of at least 4 members (excludes halogenated alkanes) is 23. The first kappa shape index (κ1) is 78.1. The van der Waals surface area contributed by atoms with Crippen LogP contribution in [0.25, 0.3) is 0 Å². The Morgan fingerprint density at radius 3 is 1.05 bits per heavy atom. The van der Waals surface area contributed by atoms with Crippen molar-refractivity contribution in [3.8, 4) is 0 Å². The van der Waals surface area contributed by atoms with Crippen molar-refractivity contribution >= 4 is 19.8 Å². The van der Waals surface area contributed by atoms with E-state index in [1.807, 2.05) is 21.1 Å². The minimum atomic E-state index is -4.65. The number of rotatable bonds is 59. The highest BCUT2D eigenvalue weighted by Gasteiger charge is 2.22. The van der Waals surface area contributed by atoms with Gasteiger partial charge in [-0.3, -0.25) is 14.2 Å². The zero-order chi connectivity index (χ0) is 59.8. The molecule has 0 rings (SSSR count). The number of hydrogen-bond acceptors (Lipinski definition) is 8. The molecule has 0 amide bonds. The van der Waals surface area contributed by atoms with Crippen LogP contribution >= 0.6 is 7.82 Å². The molecule has 0 saturated carbocycles. The molecule has 0 radical (unpaired) electrons. The molecule has 82 heavy (non-hydrogen) atoms. The van der Waals surface area contributed by atoms with Crippen LogP contribution < -0.4 is 4.89 Å². The Morgan fingerprint density at radius 1 is 0.390 bits per heavy atom. The molecule has 0 aliphatic heterocycles. The van der Waals surface area contributed by atoms with Crippen molar-refractivity contribution in [3.63, 3.8) is 0 Å². The van der Waals surface area contributed by atoms with Crippen LogP contribution in [0.5, 0.6) is 0 Å². The van der Waals surface area contributed by atoms with Gasteiger partial charge in [-0.15, -0.1) is 0 Å². The summed E-state index contributed by atoms with van der Waals surface area (Å²) >= 11 is 0. The maximum atomic E-state index is 12.8. The summed E-state index contributed by atoms with van der Waals surface area (Å²) in [6, 6.07) is 0. The van der Waals surface area contributed by atoms with Gasteiger partial charge in [-0.1, -0.05) is 263 Å². The number of carbonyl (C=O) groups is 2. The standard InChI is InChI=1S/C72H122NO8P/c1-6-8-10-12-14-16-18-20-22-24-25-26-27-28-29-30-31-32-33-34-35-36-37-38-39-40-41-42-43-44-45-46-47-49-51-53-55-57-59-61-63-65-72(75)81-70(69-80-82(76,77)79-67-66-73(3,4)5)68-78-71(74)64-62-60-58-56-54-52-50-48-23-21-19-17-15-13-11-9-7-2/h8,10,14,16,20-23,25-26,28-29,31-32,34-35,37-38,40-41,43-44,70H,6-7,9,11-13,15,17-19,24,27,30,33,36,39,42,45-69H2,1-5H3/b10-8-,16-14-,22-20-,23-21-,26-25-,29-28-,32-31-,35-34-,38-37-,41-40-,44-43-. The van der Waals surface area contributed by atoms with Crippen molar-refractivity contribution in [2.75, 3.05) is 47.5 Å². The molecule has 10 heteroatoms. The van der Waals surface area contributed by atoms with Gasteiger partial charge in [0.15, 0.2) is 6.10 Å². The highest BCUT2D eigenvalue weighted by Crippen LogP contribution is 2.38. The number of hydrogen-bond donors (Lipinski definition) is 0. The summed E-state index contributed by atoms with van der Waals surface area (Å²) in [4.78, 5) is 37.9. The Kier molecular flexibility index (Phi) is 58.8.